The molecule has 9 nitrogen and oxygen atoms in total. The van der Waals surface area contributed by atoms with Gasteiger partial charge in [0.25, 0.3) is 0 Å². The molecule has 0 radical (unpaired) electrons. The van der Waals surface area contributed by atoms with Crippen molar-refractivity contribution in [2.45, 2.75) is 33.8 Å². The van der Waals surface area contributed by atoms with E-state index >= 15 is 0 Å². The maximum Gasteiger partial charge on any atom is 0.348 e. The average Bonchev–Trinajstić information content (AvgIpc) is 3.55. The van der Waals surface area contributed by atoms with Crippen LogP contribution in [0.25, 0.3) is 6.08 Å². The molecule has 1 aliphatic rings. The summed E-state index contributed by atoms with van der Waals surface area (Å²) in [6.45, 7) is 5.79. The molecule has 0 bridgehead atoms. The molecule has 0 atom stereocenters. The van der Waals surface area contributed by atoms with Crippen molar-refractivity contribution in [3.8, 4) is 23.3 Å². The van der Waals surface area contributed by atoms with E-state index in [0.717, 1.165) is 16.9 Å². The van der Waals surface area contributed by atoms with E-state index in [1.54, 1.807) is 45.0 Å². The van der Waals surface area contributed by atoms with Gasteiger partial charge in [-0.1, -0.05) is 18.2 Å². The topological polar surface area (TPSA) is 121 Å². The summed E-state index contributed by atoms with van der Waals surface area (Å²) in [6.07, 6.45) is 1.23. The molecule has 0 saturated heterocycles. The number of nitriles is 1. The fourth-order valence-electron chi connectivity index (χ4n) is 4.00. The highest BCUT2D eigenvalue weighted by atomic mass is 32.1. The molecule has 1 aromatic heterocycles. The predicted molar refractivity (Wildman–Crippen MR) is 147 cm³/mol. The van der Waals surface area contributed by atoms with Gasteiger partial charge in [-0.15, -0.1) is 11.3 Å². The molecule has 2 heterocycles. The van der Waals surface area contributed by atoms with Crippen LogP contribution in [0.2, 0.25) is 0 Å². The fraction of sp³-hybridized carbons (Fsp3) is 0.267. The van der Waals surface area contributed by atoms with E-state index < -0.39 is 17.7 Å². The van der Waals surface area contributed by atoms with Gasteiger partial charge in [0.15, 0.2) is 17.3 Å². The molecule has 1 aliphatic heterocycles. The number of fused-ring (bicyclic) bond motifs is 1. The normalized spacial score (nSPS) is 12.0. The summed E-state index contributed by atoms with van der Waals surface area (Å²) in [5.41, 5.74) is 2.00. The summed E-state index contributed by atoms with van der Waals surface area (Å²) in [7, 11) is 0. The Morgan fingerprint density at radius 3 is 2.40 bits per heavy atom. The number of carbonyl (C=O) groups is 3. The SMILES string of the molecule is CCOC(=O)c1sc(CC(=O)/C(C#N)=C/c2ccc(OCc3ccc4c(c3)OCO4)cc2)c(C(=O)OCC)c1C. The zero-order chi connectivity index (χ0) is 28.6. The molecular formula is C30H27NO8S. The molecule has 3 aromatic rings. The van der Waals surface area contributed by atoms with Gasteiger partial charge in [0.05, 0.1) is 24.4 Å². The third kappa shape index (κ3) is 6.50. The smallest absolute Gasteiger partial charge is 0.348 e. The number of nitrogens with zero attached hydrogens (tertiary/aromatic N) is 1. The van der Waals surface area contributed by atoms with Crippen LogP contribution >= 0.6 is 11.3 Å². The van der Waals surface area contributed by atoms with Crippen molar-refractivity contribution in [1.29, 1.82) is 5.26 Å². The molecule has 2 aromatic carbocycles. The van der Waals surface area contributed by atoms with Gasteiger partial charge in [0, 0.05) is 11.3 Å². The van der Waals surface area contributed by atoms with Crippen molar-refractivity contribution >= 4 is 35.1 Å². The highest BCUT2D eigenvalue weighted by molar-refractivity contribution is 7.14. The quantitative estimate of drug-likeness (QED) is 0.171. The molecule has 40 heavy (non-hydrogen) atoms. The summed E-state index contributed by atoms with van der Waals surface area (Å²) in [4.78, 5) is 38.7. The third-order valence-electron chi connectivity index (χ3n) is 5.94. The molecule has 0 fully saturated rings. The van der Waals surface area contributed by atoms with E-state index in [1.807, 2.05) is 24.3 Å². The first-order chi connectivity index (χ1) is 19.3. The van der Waals surface area contributed by atoms with Crippen LogP contribution in [0, 0.1) is 18.3 Å². The van der Waals surface area contributed by atoms with E-state index in [4.69, 9.17) is 23.7 Å². The van der Waals surface area contributed by atoms with Crippen molar-refractivity contribution < 1.29 is 38.1 Å². The van der Waals surface area contributed by atoms with Crippen LogP contribution in [-0.2, 0) is 27.3 Å². The summed E-state index contributed by atoms with van der Waals surface area (Å²) < 4.78 is 26.8. The number of thiophene rings is 1. The summed E-state index contributed by atoms with van der Waals surface area (Å²) in [6, 6.07) is 14.5. The van der Waals surface area contributed by atoms with Gasteiger partial charge in [-0.25, -0.2) is 9.59 Å². The van der Waals surface area contributed by atoms with E-state index in [-0.39, 0.29) is 42.4 Å². The average molecular weight is 562 g/mol. The van der Waals surface area contributed by atoms with E-state index in [2.05, 4.69) is 0 Å². The largest absolute Gasteiger partial charge is 0.489 e. The number of Topliss-reactive ketones (excluding diaryl/α,β-unsaturated/α-hetero) is 1. The maximum atomic E-state index is 13.1. The standard InChI is InChI=1S/C30H27NO8S/c1-4-35-29(33)27-18(3)28(30(34)36-5-2)40-26(27)14-23(32)21(15-31)12-19-6-9-22(10-7-19)37-16-20-8-11-24-25(13-20)39-17-38-24/h6-13H,4-5,14,16-17H2,1-3H3/b21-12+. The molecule has 0 aliphatic carbocycles. The molecule has 0 saturated carbocycles. The molecule has 4 rings (SSSR count). The minimum Gasteiger partial charge on any atom is -0.489 e. The number of hydrogen-bond acceptors (Lipinski definition) is 10. The van der Waals surface area contributed by atoms with Crippen molar-refractivity contribution in [1.82, 2.24) is 0 Å². The first kappa shape index (κ1) is 28.4. The molecule has 0 spiro atoms. The van der Waals surface area contributed by atoms with E-state index in [1.165, 1.54) is 6.08 Å². The maximum absolute atomic E-state index is 13.1. The van der Waals surface area contributed by atoms with Crippen LogP contribution in [0.3, 0.4) is 0 Å². The van der Waals surface area contributed by atoms with Gasteiger partial charge in [0.1, 0.15) is 23.3 Å². The summed E-state index contributed by atoms with van der Waals surface area (Å²) >= 11 is 0.999. The number of ketones is 1. The van der Waals surface area contributed by atoms with Gasteiger partial charge in [0.2, 0.25) is 6.79 Å². The van der Waals surface area contributed by atoms with Crippen LogP contribution in [0.15, 0.2) is 48.0 Å². The van der Waals surface area contributed by atoms with E-state index in [0.29, 0.717) is 39.9 Å². The Hall–Kier alpha value is -4.62. The minimum absolute atomic E-state index is 0.0902. The zero-order valence-corrected chi connectivity index (χ0v) is 23.1. The van der Waals surface area contributed by atoms with Crippen molar-refractivity contribution in [2.75, 3.05) is 20.0 Å². The van der Waals surface area contributed by atoms with Crippen molar-refractivity contribution in [3.63, 3.8) is 0 Å². The van der Waals surface area contributed by atoms with E-state index in [9.17, 15) is 19.6 Å². The highest BCUT2D eigenvalue weighted by Crippen LogP contribution is 2.33. The Morgan fingerprint density at radius 2 is 1.70 bits per heavy atom. The van der Waals surface area contributed by atoms with Gasteiger partial charge in [-0.05, 0) is 67.8 Å². The second kappa shape index (κ2) is 13.0. The Morgan fingerprint density at radius 1 is 1.00 bits per heavy atom. The lowest BCUT2D eigenvalue weighted by Crippen LogP contribution is -2.12. The van der Waals surface area contributed by atoms with Crippen LogP contribution in [-0.4, -0.2) is 37.7 Å². The first-order valence-corrected chi connectivity index (χ1v) is 13.4. The van der Waals surface area contributed by atoms with Gasteiger partial charge in [-0.3, -0.25) is 4.79 Å². The lowest BCUT2D eigenvalue weighted by molar-refractivity contribution is -0.114. The molecular weight excluding hydrogens is 534 g/mol. The number of ether oxygens (including phenoxy) is 5. The predicted octanol–water partition coefficient (Wildman–Crippen LogP) is 5.44. The lowest BCUT2D eigenvalue weighted by Gasteiger charge is -2.07. The highest BCUT2D eigenvalue weighted by Gasteiger charge is 2.28. The van der Waals surface area contributed by atoms with Crippen LogP contribution in [0.4, 0.5) is 0 Å². The second-order valence-electron chi connectivity index (χ2n) is 8.61. The summed E-state index contributed by atoms with van der Waals surface area (Å²) in [5, 5.41) is 9.70. The monoisotopic (exact) mass is 561 g/mol. The van der Waals surface area contributed by atoms with Crippen molar-refractivity contribution in [3.05, 3.63) is 80.0 Å². The second-order valence-corrected chi connectivity index (χ2v) is 9.72. The van der Waals surface area contributed by atoms with Crippen LogP contribution in [0.5, 0.6) is 17.2 Å². The molecule has 0 unspecified atom stereocenters. The number of carbonyl (C=O) groups excluding carboxylic acids is 3. The van der Waals surface area contributed by atoms with Gasteiger partial charge >= 0.3 is 11.9 Å². The lowest BCUT2D eigenvalue weighted by atomic mass is 10.0. The number of rotatable bonds is 11. The number of esters is 2. The van der Waals surface area contributed by atoms with Crippen LogP contribution < -0.4 is 14.2 Å². The first-order valence-electron chi connectivity index (χ1n) is 12.6. The zero-order valence-electron chi connectivity index (χ0n) is 22.3. The van der Waals surface area contributed by atoms with Crippen LogP contribution in [0.1, 0.15) is 55.4 Å². The van der Waals surface area contributed by atoms with Gasteiger partial charge < -0.3 is 23.7 Å². The number of allylic oxidation sites excluding steroid dienone is 1. The molecule has 10 heteroatoms. The Labute approximate surface area is 235 Å². The third-order valence-corrected chi connectivity index (χ3v) is 7.21. The molecule has 206 valence electrons. The summed E-state index contributed by atoms with van der Waals surface area (Å²) in [5.74, 6) is 0.291. The Kier molecular flexibility index (Phi) is 9.19. The number of hydrogen-bond donors (Lipinski definition) is 0. The van der Waals surface area contributed by atoms with Crippen molar-refractivity contribution in [2.24, 2.45) is 0 Å². The molecule has 0 N–H and O–H groups in total. The molecule has 0 amide bonds. The Balaban J connectivity index is 1.47. The fourth-order valence-corrected chi connectivity index (χ4v) is 5.19. The minimum atomic E-state index is -0.631. The Bertz CT molecular complexity index is 1500. The van der Waals surface area contributed by atoms with Gasteiger partial charge in [-0.2, -0.15) is 5.26 Å². The number of benzene rings is 2.